The first-order valence-electron chi connectivity index (χ1n) is 7.48. The molecular weight excluding hydrogens is 327 g/mol. The van der Waals surface area contributed by atoms with Crippen LogP contribution in [0.1, 0.15) is 0 Å². The Hall–Kier alpha value is -2.13. The molecule has 1 atom stereocenters. The average molecular weight is 346 g/mol. The molecule has 1 aliphatic heterocycles. The van der Waals surface area contributed by atoms with Crippen LogP contribution < -0.4 is 10.2 Å². The van der Waals surface area contributed by atoms with E-state index in [0.717, 1.165) is 12.1 Å². The third kappa shape index (κ3) is 4.68. The number of morpholine rings is 1. The molecule has 0 spiro atoms. The third-order valence-corrected chi connectivity index (χ3v) is 3.59. The number of halogens is 3. The molecular formula is C15H19F3N3O3+. The van der Waals surface area contributed by atoms with E-state index in [1.54, 1.807) is 11.9 Å². The van der Waals surface area contributed by atoms with Crippen LogP contribution in [0.4, 0.5) is 18.9 Å². The van der Waals surface area contributed by atoms with Crippen LogP contribution in [-0.2, 0) is 14.3 Å². The average Bonchev–Trinajstić information content (AvgIpc) is 2.56. The van der Waals surface area contributed by atoms with Crippen LogP contribution in [-0.4, -0.2) is 63.2 Å². The second-order valence-electron chi connectivity index (χ2n) is 5.57. The molecule has 0 bridgehead atoms. The second kappa shape index (κ2) is 8.11. The van der Waals surface area contributed by atoms with Crippen molar-refractivity contribution in [3.8, 4) is 0 Å². The van der Waals surface area contributed by atoms with Crippen molar-refractivity contribution in [3.63, 3.8) is 0 Å². The van der Waals surface area contributed by atoms with Crippen molar-refractivity contribution in [1.82, 2.24) is 4.90 Å². The molecule has 0 aromatic heterocycles. The highest BCUT2D eigenvalue weighted by atomic mass is 19.2. The summed E-state index contributed by atoms with van der Waals surface area (Å²) in [6.07, 6.45) is 0. The number of carbonyl (C=O) groups is 2. The van der Waals surface area contributed by atoms with Gasteiger partial charge in [-0.25, -0.2) is 13.2 Å². The zero-order chi connectivity index (χ0) is 17.7. The molecule has 132 valence electrons. The molecule has 1 heterocycles. The van der Waals surface area contributed by atoms with Gasteiger partial charge in [0.15, 0.2) is 30.5 Å². The molecule has 0 radical (unpaired) electrons. The lowest BCUT2D eigenvalue weighted by molar-refractivity contribution is -0.862. The molecule has 1 fully saturated rings. The number of ether oxygens (including phenoxy) is 1. The largest absolute Gasteiger partial charge is 0.378 e. The molecule has 24 heavy (non-hydrogen) atoms. The highest BCUT2D eigenvalue weighted by Gasteiger charge is 2.22. The van der Waals surface area contributed by atoms with E-state index in [-0.39, 0.29) is 19.0 Å². The minimum atomic E-state index is -1.64. The summed E-state index contributed by atoms with van der Waals surface area (Å²) < 4.78 is 44.6. The number of hydrogen-bond donors (Lipinski definition) is 2. The summed E-state index contributed by atoms with van der Waals surface area (Å²) in [5.41, 5.74) is -0.439. The van der Waals surface area contributed by atoms with Crippen LogP contribution in [0.15, 0.2) is 12.1 Å². The van der Waals surface area contributed by atoms with E-state index in [2.05, 4.69) is 5.32 Å². The Morgan fingerprint density at radius 3 is 2.50 bits per heavy atom. The highest BCUT2D eigenvalue weighted by molar-refractivity contribution is 5.91. The van der Waals surface area contributed by atoms with Gasteiger partial charge in [-0.05, 0) is 12.1 Å². The van der Waals surface area contributed by atoms with Gasteiger partial charge in [-0.1, -0.05) is 0 Å². The number of anilines is 1. The number of rotatable bonds is 5. The summed E-state index contributed by atoms with van der Waals surface area (Å²) >= 11 is 0. The van der Waals surface area contributed by atoms with Gasteiger partial charge in [0.05, 0.1) is 25.9 Å². The fourth-order valence-electron chi connectivity index (χ4n) is 2.34. The van der Waals surface area contributed by atoms with Crippen molar-refractivity contribution < 1.29 is 32.4 Å². The normalized spacial score (nSPS) is 15.9. The summed E-state index contributed by atoms with van der Waals surface area (Å²) in [7, 11) is 1.64. The summed E-state index contributed by atoms with van der Waals surface area (Å²) in [6, 6.07) is 1.67. The van der Waals surface area contributed by atoms with Gasteiger partial charge >= 0.3 is 0 Å². The van der Waals surface area contributed by atoms with E-state index >= 15 is 0 Å². The Bertz CT molecular complexity index is 621. The van der Waals surface area contributed by atoms with Gasteiger partial charge in [0, 0.05) is 13.1 Å². The molecule has 2 rings (SSSR count). The standard InChI is InChI=1S/C15H18F3N3O3/c1-20(9-13(23)21-4-6-24-7-5-21)8-12(22)19-11-3-2-10(16)14(17)15(11)18/h2-3H,4-9H2,1H3,(H,19,22)/p+1. The Balaban J connectivity index is 1.85. The maximum Gasteiger partial charge on any atom is 0.279 e. The van der Waals surface area contributed by atoms with Crippen molar-refractivity contribution in [2.75, 3.05) is 51.8 Å². The first kappa shape index (κ1) is 18.2. The highest BCUT2D eigenvalue weighted by Crippen LogP contribution is 2.19. The maximum atomic E-state index is 13.5. The Morgan fingerprint density at radius 1 is 1.17 bits per heavy atom. The van der Waals surface area contributed by atoms with Gasteiger partial charge in [0.2, 0.25) is 0 Å². The van der Waals surface area contributed by atoms with Crippen LogP contribution in [0.3, 0.4) is 0 Å². The van der Waals surface area contributed by atoms with Crippen molar-refractivity contribution >= 4 is 17.5 Å². The zero-order valence-corrected chi connectivity index (χ0v) is 13.2. The quantitative estimate of drug-likeness (QED) is 0.701. The number of nitrogens with zero attached hydrogens (tertiary/aromatic N) is 1. The van der Waals surface area contributed by atoms with Crippen LogP contribution in [0, 0.1) is 17.5 Å². The van der Waals surface area contributed by atoms with E-state index in [1.807, 2.05) is 0 Å². The van der Waals surface area contributed by atoms with E-state index in [9.17, 15) is 22.8 Å². The van der Waals surface area contributed by atoms with E-state index in [0.29, 0.717) is 31.2 Å². The zero-order valence-electron chi connectivity index (χ0n) is 13.2. The lowest BCUT2D eigenvalue weighted by atomic mass is 10.2. The van der Waals surface area contributed by atoms with Crippen molar-refractivity contribution in [3.05, 3.63) is 29.6 Å². The molecule has 2 amide bonds. The minimum absolute atomic E-state index is 0.0910. The molecule has 9 heteroatoms. The summed E-state index contributed by atoms with van der Waals surface area (Å²) in [5, 5.41) is 2.18. The number of likely N-dealkylation sites (N-methyl/N-ethyl adjacent to an activating group) is 1. The molecule has 1 aromatic rings. The summed E-state index contributed by atoms with van der Waals surface area (Å²) in [5.74, 6) is -5.14. The lowest BCUT2D eigenvalue weighted by Crippen LogP contribution is -3.11. The summed E-state index contributed by atoms with van der Waals surface area (Å²) in [6.45, 7) is 1.97. The first-order valence-corrected chi connectivity index (χ1v) is 7.48. The van der Waals surface area contributed by atoms with Gasteiger partial charge in [-0.2, -0.15) is 0 Å². The molecule has 2 N–H and O–H groups in total. The van der Waals surface area contributed by atoms with Crippen LogP contribution in [0.5, 0.6) is 0 Å². The van der Waals surface area contributed by atoms with Crippen LogP contribution >= 0.6 is 0 Å². The van der Waals surface area contributed by atoms with Gasteiger partial charge in [0.1, 0.15) is 0 Å². The predicted octanol–water partition coefficient (Wildman–Crippen LogP) is -0.584. The number of quaternary nitrogens is 1. The van der Waals surface area contributed by atoms with Gasteiger partial charge in [-0.15, -0.1) is 0 Å². The number of hydrogen-bond acceptors (Lipinski definition) is 3. The molecule has 1 saturated heterocycles. The molecule has 0 saturated carbocycles. The fraction of sp³-hybridized carbons (Fsp3) is 0.467. The van der Waals surface area contributed by atoms with E-state index in [1.165, 1.54) is 0 Å². The fourth-order valence-corrected chi connectivity index (χ4v) is 2.34. The Labute approximate surface area is 137 Å². The topological polar surface area (TPSA) is 63.1 Å². The molecule has 1 unspecified atom stereocenters. The Morgan fingerprint density at radius 2 is 1.83 bits per heavy atom. The van der Waals surface area contributed by atoms with Gasteiger partial charge in [-0.3, -0.25) is 9.59 Å². The number of benzene rings is 1. The predicted molar refractivity (Wildman–Crippen MR) is 79.0 cm³/mol. The smallest absolute Gasteiger partial charge is 0.279 e. The maximum absolute atomic E-state index is 13.5. The molecule has 0 aliphatic carbocycles. The SMILES string of the molecule is C[NH+](CC(=O)Nc1ccc(F)c(F)c1F)CC(=O)N1CCOCC1. The molecule has 6 nitrogen and oxygen atoms in total. The first-order chi connectivity index (χ1) is 11.4. The monoisotopic (exact) mass is 346 g/mol. The van der Waals surface area contributed by atoms with Gasteiger partial charge in [0.25, 0.3) is 11.8 Å². The molecule has 1 aromatic carbocycles. The van der Waals surface area contributed by atoms with Gasteiger partial charge < -0.3 is 19.9 Å². The minimum Gasteiger partial charge on any atom is -0.378 e. The van der Waals surface area contributed by atoms with Crippen molar-refractivity contribution in [2.24, 2.45) is 0 Å². The van der Waals surface area contributed by atoms with Crippen LogP contribution in [0.25, 0.3) is 0 Å². The van der Waals surface area contributed by atoms with Crippen molar-refractivity contribution in [1.29, 1.82) is 0 Å². The summed E-state index contributed by atoms with van der Waals surface area (Å²) in [4.78, 5) is 26.2. The number of nitrogens with one attached hydrogen (secondary N) is 2. The second-order valence-corrected chi connectivity index (χ2v) is 5.57. The lowest BCUT2D eigenvalue weighted by Gasteiger charge is -2.27. The van der Waals surface area contributed by atoms with E-state index < -0.39 is 29.0 Å². The van der Waals surface area contributed by atoms with Crippen molar-refractivity contribution in [2.45, 2.75) is 0 Å². The third-order valence-electron chi connectivity index (χ3n) is 3.59. The molecule has 1 aliphatic rings. The van der Waals surface area contributed by atoms with E-state index in [4.69, 9.17) is 4.74 Å². The number of carbonyl (C=O) groups excluding carboxylic acids is 2. The van der Waals surface area contributed by atoms with Crippen LogP contribution in [0.2, 0.25) is 0 Å². The Kier molecular flexibility index (Phi) is 6.16. The number of amides is 2.